The molecule has 0 bridgehead atoms. The number of nitrogens with zero attached hydrogens (tertiary/aromatic N) is 2. The second kappa shape index (κ2) is 11.3. The van der Waals surface area contributed by atoms with Crippen LogP contribution in [0, 0.1) is 110 Å². The summed E-state index contributed by atoms with van der Waals surface area (Å²) in [4.78, 5) is 10.6. The molecule has 0 saturated carbocycles. The molecular weight excluding hydrogens is 523 g/mol. The van der Waals surface area contributed by atoms with Gasteiger partial charge in [-0.25, -0.2) is 0 Å². The monoisotopic (exact) mass is 568 g/mol. The van der Waals surface area contributed by atoms with E-state index in [9.17, 15) is 0 Å². The summed E-state index contributed by atoms with van der Waals surface area (Å²) in [6.07, 6.45) is 0. The first-order chi connectivity index (χ1) is 18.1. The maximum Gasteiger partial charge on any atom is 0.156 e. The van der Waals surface area contributed by atoms with Crippen LogP contribution in [0.4, 0.5) is 0 Å². The largest absolute Gasteiger partial charge is 0.255 e. The van der Waals surface area contributed by atoms with Crippen molar-refractivity contribution in [2.24, 2.45) is 0 Å². The summed E-state index contributed by atoms with van der Waals surface area (Å²) in [5.41, 5.74) is 24.9. The van der Waals surface area contributed by atoms with E-state index < -0.39 is 0 Å². The SMILES string of the molecule is Cc1c(C)c(C)c(-c2[c-]c(-c3c(C)c(C)c(C)c(C)c3C)nc(-c3c(C)c(C)c(C)c(C)c3C)n2)c(C)c1C.[V]. The molecule has 1 heterocycles. The summed E-state index contributed by atoms with van der Waals surface area (Å²) >= 11 is 0. The number of aromatic nitrogens is 2. The Morgan fingerprint density at radius 2 is 0.500 bits per heavy atom. The van der Waals surface area contributed by atoms with Crippen LogP contribution < -0.4 is 0 Å². The van der Waals surface area contributed by atoms with Crippen LogP contribution in [0.1, 0.15) is 83.5 Å². The molecular formula is C37H45N2V-. The van der Waals surface area contributed by atoms with Crippen molar-refractivity contribution in [3.05, 3.63) is 89.5 Å². The van der Waals surface area contributed by atoms with Crippen LogP contribution in [0.3, 0.4) is 0 Å². The first-order valence-corrected chi connectivity index (χ1v) is 14.1. The van der Waals surface area contributed by atoms with Crippen molar-refractivity contribution in [2.75, 3.05) is 0 Å². The van der Waals surface area contributed by atoms with Crippen molar-refractivity contribution in [1.29, 1.82) is 0 Å². The Balaban J connectivity index is 0.00000441. The molecule has 40 heavy (non-hydrogen) atoms. The van der Waals surface area contributed by atoms with Gasteiger partial charge in [0.25, 0.3) is 0 Å². The first-order valence-electron chi connectivity index (χ1n) is 14.1. The molecule has 0 aliphatic rings. The Kier molecular flexibility index (Phi) is 9.00. The zero-order valence-electron chi connectivity index (χ0n) is 27.3. The Morgan fingerprint density at radius 3 is 0.750 bits per heavy atom. The van der Waals surface area contributed by atoms with Crippen LogP contribution in [0.2, 0.25) is 0 Å². The van der Waals surface area contributed by atoms with Crippen LogP contribution in [-0.4, -0.2) is 9.97 Å². The number of hydrogen-bond donors (Lipinski definition) is 0. The molecule has 0 spiro atoms. The molecule has 2 nitrogen and oxygen atoms in total. The third-order valence-electron chi connectivity index (χ3n) is 10.4. The van der Waals surface area contributed by atoms with E-state index in [1.807, 2.05) is 0 Å². The van der Waals surface area contributed by atoms with E-state index in [0.29, 0.717) is 0 Å². The quantitative estimate of drug-likeness (QED) is 0.230. The molecule has 0 aliphatic carbocycles. The van der Waals surface area contributed by atoms with Gasteiger partial charge in [0, 0.05) is 24.1 Å². The van der Waals surface area contributed by atoms with Crippen molar-refractivity contribution in [2.45, 2.75) is 104 Å². The normalized spacial score (nSPS) is 11.2. The summed E-state index contributed by atoms with van der Waals surface area (Å²) in [6, 6.07) is 3.76. The molecule has 0 saturated heterocycles. The van der Waals surface area contributed by atoms with E-state index in [1.54, 1.807) is 0 Å². The smallest absolute Gasteiger partial charge is 0.156 e. The van der Waals surface area contributed by atoms with E-state index in [-0.39, 0.29) is 18.6 Å². The van der Waals surface area contributed by atoms with Crippen LogP contribution in [0.5, 0.6) is 0 Å². The van der Waals surface area contributed by atoms with E-state index in [1.165, 1.54) is 94.6 Å². The zero-order chi connectivity index (χ0) is 29.2. The summed E-state index contributed by atoms with van der Waals surface area (Å²) in [6.45, 7) is 33.4. The van der Waals surface area contributed by atoms with E-state index in [0.717, 1.165) is 22.8 Å². The molecule has 4 rings (SSSR count). The van der Waals surface area contributed by atoms with Gasteiger partial charge in [-0.2, -0.15) is 0 Å². The topological polar surface area (TPSA) is 25.8 Å². The van der Waals surface area contributed by atoms with Crippen LogP contribution in [0.15, 0.2) is 0 Å². The Bertz CT molecular complexity index is 1390. The minimum atomic E-state index is 0. The summed E-state index contributed by atoms with van der Waals surface area (Å²) in [5.74, 6) is 0.796. The van der Waals surface area contributed by atoms with Crippen molar-refractivity contribution in [3.8, 4) is 33.9 Å². The maximum atomic E-state index is 5.32. The fourth-order valence-electron chi connectivity index (χ4n) is 6.30. The number of hydrogen-bond acceptors (Lipinski definition) is 2. The van der Waals surface area contributed by atoms with Gasteiger partial charge in [-0.1, -0.05) is 83.3 Å². The molecule has 4 aromatic rings. The molecule has 0 unspecified atom stereocenters. The summed E-state index contributed by atoms with van der Waals surface area (Å²) < 4.78 is 0. The third kappa shape index (κ3) is 4.78. The van der Waals surface area contributed by atoms with Crippen molar-refractivity contribution < 1.29 is 18.6 Å². The van der Waals surface area contributed by atoms with E-state index in [4.69, 9.17) is 9.97 Å². The first kappa shape index (κ1) is 31.8. The molecule has 3 heteroatoms. The van der Waals surface area contributed by atoms with Gasteiger partial charge < -0.3 is 0 Å². The molecule has 0 fully saturated rings. The van der Waals surface area contributed by atoms with Gasteiger partial charge in [0.15, 0.2) is 5.82 Å². The second-order valence-corrected chi connectivity index (χ2v) is 11.9. The zero-order valence-corrected chi connectivity index (χ0v) is 28.7. The number of benzene rings is 3. The molecule has 0 atom stereocenters. The molecule has 1 aromatic heterocycles. The predicted molar refractivity (Wildman–Crippen MR) is 168 cm³/mol. The fourth-order valence-corrected chi connectivity index (χ4v) is 6.30. The van der Waals surface area contributed by atoms with E-state index in [2.05, 4.69) is 110 Å². The van der Waals surface area contributed by atoms with Crippen molar-refractivity contribution >= 4 is 0 Å². The van der Waals surface area contributed by atoms with Crippen LogP contribution >= 0.6 is 0 Å². The van der Waals surface area contributed by atoms with Gasteiger partial charge in [-0.3, -0.25) is 9.97 Å². The molecule has 0 amide bonds. The number of rotatable bonds is 3. The molecule has 0 aliphatic heterocycles. The second-order valence-electron chi connectivity index (χ2n) is 11.9. The maximum absolute atomic E-state index is 5.32. The van der Waals surface area contributed by atoms with Crippen LogP contribution in [-0.2, 0) is 18.6 Å². The average molecular weight is 569 g/mol. The molecule has 0 N–H and O–H groups in total. The minimum Gasteiger partial charge on any atom is -0.255 e. The fraction of sp³-hybridized carbons (Fsp3) is 0.405. The predicted octanol–water partition coefficient (Wildman–Crippen LogP) is 9.90. The summed E-state index contributed by atoms with van der Waals surface area (Å²) in [7, 11) is 0. The third-order valence-corrected chi connectivity index (χ3v) is 10.4. The Hall–Kier alpha value is -2.68. The molecule has 209 valence electrons. The van der Waals surface area contributed by atoms with Crippen molar-refractivity contribution in [3.63, 3.8) is 0 Å². The Labute approximate surface area is 255 Å². The molecule has 3 aromatic carbocycles. The van der Waals surface area contributed by atoms with Gasteiger partial charge >= 0.3 is 0 Å². The van der Waals surface area contributed by atoms with E-state index >= 15 is 0 Å². The van der Waals surface area contributed by atoms with Gasteiger partial charge in [-0.15, -0.1) is 6.07 Å². The van der Waals surface area contributed by atoms with Crippen LogP contribution in [0.25, 0.3) is 33.9 Å². The van der Waals surface area contributed by atoms with Gasteiger partial charge in [0.2, 0.25) is 0 Å². The minimum absolute atomic E-state index is 0. The molecule has 1 radical (unpaired) electrons. The van der Waals surface area contributed by atoms with Gasteiger partial charge in [0.1, 0.15) is 0 Å². The van der Waals surface area contributed by atoms with Gasteiger partial charge in [-0.05, 0) is 126 Å². The van der Waals surface area contributed by atoms with Gasteiger partial charge in [0.05, 0.1) is 0 Å². The average Bonchev–Trinajstić information content (AvgIpc) is 2.91. The standard InChI is InChI=1S/C37H45N2.V/c1-17-20(4)26(10)34(27(11)21(17)5)32-16-33(35-28(12)22(6)18(2)23(7)29(35)13)39-37(38-32)36-30(14)24(8)19(3)25(9)31(36)15;/h1-15H3;/q-1;. The Morgan fingerprint density at radius 1 is 0.300 bits per heavy atom. The van der Waals surface area contributed by atoms with Crippen molar-refractivity contribution in [1.82, 2.24) is 9.97 Å². The summed E-state index contributed by atoms with van der Waals surface area (Å²) in [5, 5.41) is 0.